The molecule has 2 amide bonds. The topological polar surface area (TPSA) is 74.4 Å². The van der Waals surface area contributed by atoms with Gasteiger partial charge in [0, 0.05) is 44.8 Å². The minimum absolute atomic E-state index is 0.0935. The number of anilines is 1. The van der Waals surface area contributed by atoms with Crippen LogP contribution in [-0.4, -0.2) is 81.6 Å². The van der Waals surface area contributed by atoms with E-state index in [0.717, 1.165) is 51.1 Å². The van der Waals surface area contributed by atoms with Crippen LogP contribution in [0.1, 0.15) is 45.4 Å². The van der Waals surface area contributed by atoms with Crippen LogP contribution in [-0.2, 0) is 11.2 Å². The molecular weight excluding hydrogens is 535 g/mol. The minimum Gasteiger partial charge on any atom is -0.493 e. The van der Waals surface area contributed by atoms with E-state index >= 15 is 0 Å². The third-order valence-corrected chi connectivity index (χ3v) is 8.83. The number of carbonyl (C=O) groups excluding carboxylic acids is 2. The Bertz CT molecular complexity index is 1470. The molecule has 0 spiro atoms. The molecule has 0 bridgehead atoms. The van der Waals surface area contributed by atoms with E-state index in [9.17, 15) is 14.0 Å². The molecule has 3 aliphatic rings. The van der Waals surface area contributed by atoms with Crippen molar-refractivity contribution in [3.05, 3.63) is 88.7 Å². The Morgan fingerprint density at radius 3 is 2.40 bits per heavy atom. The monoisotopic (exact) mass is 572 g/mol. The Hall–Kier alpha value is -4.11. The molecule has 6 rings (SSSR count). The van der Waals surface area contributed by atoms with E-state index in [1.54, 1.807) is 32.4 Å². The zero-order chi connectivity index (χ0) is 29.2. The molecule has 2 atom stereocenters. The molecule has 9 heteroatoms. The van der Waals surface area contributed by atoms with Gasteiger partial charge in [0.15, 0.2) is 11.5 Å². The van der Waals surface area contributed by atoms with Crippen molar-refractivity contribution in [2.75, 3.05) is 64.9 Å². The molecule has 1 fully saturated rings. The maximum Gasteiger partial charge on any atom is 0.254 e. The molecular formula is C33H37FN4O4. The lowest BCUT2D eigenvalue weighted by Crippen LogP contribution is -2.50. The second-order valence-electron chi connectivity index (χ2n) is 11.1. The molecule has 0 aliphatic carbocycles. The van der Waals surface area contributed by atoms with Gasteiger partial charge in [0.05, 0.1) is 31.9 Å². The maximum absolute atomic E-state index is 14.2. The van der Waals surface area contributed by atoms with Crippen molar-refractivity contribution in [2.24, 2.45) is 0 Å². The van der Waals surface area contributed by atoms with Crippen LogP contribution >= 0.6 is 0 Å². The van der Waals surface area contributed by atoms with E-state index in [1.165, 1.54) is 11.6 Å². The van der Waals surface area contributed by atoms with Gasteiger partial charge >= 0.3 is 0 Å². The van der Waals surface area contributed by atoms with Gasteiger partial charge in [0.2, 0.25) is 5.91 Å². The third-order valence-electron chi connectivity index (χ3n) is 8.83. The van der Waals surface area contributed by atoms with Crippen molar-refractivity contribution in [3.63, 3.8) is 0 Å². The van der Waals surface area contributed by atoms with Gasteiger partial charge < -0.3 is 24.6 Å². The van der Waals surface area contributed by atoms with Gasteiger partial charge in [0.1, 0.15) is 5.82 Å². The minimum atomic E-state index is -0.580. The summed E-state index contributed by atoms with van der Waals surface area (Å²) >= 11 is 0. The molecule has 3 aromatic rings. The summed E-state index contributed by atoms with van der Waals surface area (Å²) in [6.45, 7) is 5.13. The molecule has 0 radical (unpaired) electrons. The summed E-state index contributed by atoms with van der Waals surface area (Å²) in [5.74, 6) is -0.00199. The third kappa shape index (κ3) is 5.17. The van der Waals surface area contributed by atoms with E-state index in [0.29, 0.717) is 41.4 Å². The van der Waals surface area contributed by atoms with Crippen LogP contribution in [0.3, 0.4) is 0 Å². The van der Waals surface area contributed by atoms with Gasteiger partial charge in [-0.05, 0) is 60.3 Å². The second-order valence-corrected chi connectivity index (χ2v) is 11.1. The number of fused-ring (bicyclic) bond motifs is 4. The van der Waals surface area contributed by atoms with Gasteiger partial charge in [-0.2, -0.15) is 0 Å². The molecule has 1 saturated heterocycles. The van der Waals surface area contributed by atoms with Crippen LogP contribution in [0.4, 0.5) is 10.1 Å². The number of halogens is 1. The lowest BCUT2D eigenvalue weighted by atomic mass is 9.75. The quantitative estimate of drug-likeness (QED) is 0.412. The van der Waals surface area contributed by atoms with Crippen LogP contribution in [0.2, 0.25) is 0 Å². The van der Waals surface area contributed by atoms with E-state index in [1.807, 2.05) is 35.2 Å². The zero-order valence-electron chi connectivity index (χ0n) is 24.1. The average Bonchev–Trinajstić information content (AvgIpc) is 3.03. The summed E-state index contributed by atoms with van der Waals surface area (Å²) in [7, 11) is 3.10. The molecule has 3 aliphatic heterocycles. The first-order valence-corrected chi connectivity index (χ1v) is 14.6. The Labute approximate surface area is 246 Å². The van der Waals surface area contributed by atoms with Crippen LogP contribution in [0.25, 0.3) is 0 Å². The predicted molar refractivity (Wildman–Crippen MR) is 159 cm³/mol. The first-order valence-electron chi connectivity index (χ1n) is 14.6. The molecule has 8 nitrogen and oxygen atoms in total. The van der Waals surface area contributed by atoms with Gasteiger partial charge in [-0.1, -0.05) is 36.4 Å². The highest BCUT2D eigenvalue weighted by atomic mass is 19.1. The summed E-state index contributed by atoms with van der Waals surface area (Å²) in [5.41, 5.74) is 3.99. The number of piperazine rings is 1. The van der Waals surface area contributed by atoms with Gasteiger partial charge in [-0.25, -0.2) is 4.39 Å². The standard InChI is InChI=1S/C33H37FN4O4/c1-41-28-20-24-25(21-29(28)42-2)33(40)38-15-12-22-8-3-4-9-23(22)31(38)30(24)32(39)35-13-7-14-36-16-18-37(19-17-36)27-11-6-5-10-26(27)34/h3-6,8-11,20-21,30-31H,7,12-19H2,1-2H3,(H,35,39)/t30-,31+/m1/s1. The first-order chi connectivity index (χ1) is 20.5. The summed E-state index contributed by atoms with van der Waals surface area (Å²) in [4.78, 5) is 34.0. The Morgan fingerprint density at radius 1 is 0.929 bits per heavy atom. The smallest absolute Gasteiger partial charge is 0.254 e. The molecule has 220 valence electrons. The highest BCUT2D eigenvalue weighted by Gasteiger charge is 2.46. The molecule has 3 aromatic carbocycles. The summed E-state index contributed by atoms with van der Waals surface area (Å²) in [5, 5.41) is 3.18. The Balaban J connectivity index is 1.16. The number of nitrogens with zero attached hydrogens (tertiary/aromatic N) is 3. The highest BCUT2D eigenvalue weighted by molar-refractivity contribution is 6.02. The normalized spacial score (nSPS) is 19.9. The number of rotatable bonds is 8. The summed E-state index contributed by atoms with van der Waals surface area (Å²) in [6, 6.07) is 18.1. The van der Waals surface area contributed by atoms with Crippen LogP contribution in [0, 0.1) is 5.82 Å². The van der Waals surface area contributed by atoms with Crippen molar-refractivity contribution in [3.8, 4) is 11.5 Å². The Morgan fingerprint density at radius 2 is 1.64 bits per heavy atom. The van der Waals surface area contributed by atoms with Gasteiger partial charge in [-0.3, -0.25) is 14.5 Å². The summed E-state index contributed by atoms with van der Waals surface area (Å²) in [6.07, 6.45) is 1.54. The van der Waals surface area contributed by atoms with E-state index in [-0.39, 0.29) is 23.7 Å². The van der Waals surface area contributed by atoms with E-state index < -0.39 is 5.92 Å². The lowest BCUT2D eigenvalue weighted by molar-refractivity contribution is -0.124. The molecule has 0 unspecified atom stereocenters. The average molecular weight is 573 g/mol. The molecule has 3 heterocycles. The highest BCUT2D eigenvalue weighted by Crippen LogP contribution is 2.48. The zero-order valence-corrected chi connectivity index (χ0v) is 24.1. The second kappa shape index (κ2) is 12.0. The van der Waals surface area contributed by atoms with Crippen LogP contribution in [0.5, 0.6) is 11.5 Å². The fourth-order valence-electron chi connectivity index (χ4n) is 6.68. The number of carbonyl (C=O) groups is 2. The number of nitrogens with one attached hydrogen (secondary N) is 1. The number of hydrogen-bond donors (Lipinski definition) is 1. The number of methoxy groups -OCH3 is 2. The van der Waals surface area contributed by atoms with E-state index in [4.69, 9.17) is 9.47 Å². The van der Waals surface area contributed by atoms with Crippen LogP contribution < -0.4 is 19.7 Å². The number of benzene rings is 3. The Kier molecular flexibility index (Phi) is 8.02. The van der Waals surface area contributed by atoms with Crippen molar-refractivity contribution in [1.29, 1.82) is 0 Å². The van der Waals surface area contributed by atoms with Crippen molar-refractivity contribution < 1.29 is 23.5 Å². The number of amides is 2. The van der Waals surface area contributed by atoms with Gasteiger partial charge in [-0.15, -0.1) is 0 Å². The first kappa shape index (κ1) is 28.0. The molecule has 0 aromatic heterocycles. The molecule has 0 saturated carbocycles. The van der Waals surface area contributed by atoms with Crippen molar-refractivity contribution >= 4 is 17.5 Å². The van der Waals surface area contributed by atoms with Crippen molar-refractivity contribution in [2.45, 2.75) is 24.8 Å². The lowest BCUT2D eigenvalue weighted by Gasteiger charge is -2.45. The fraction of sp³-hybridized carbons (Fsp3) is 0.394. The fourth-order valence-corrected chi connectivity index (χ4v) is 6.68. The number of ether oxygens (including phenoxy) is 2. The van der Waals surface area contributed by atoms with Crippen LogP contribution in [0.15, 0.2) is 60.7 Å². The van der Waals surface area contributed by atoms with E-state index in [2.05, 4.69) is 21.2 Å². The number of hydrogen-bond acceptors (Lipinski definition) is 6. The number of para-hydroxylation sites is 1. The molecule has 1 N–H and O–H groups in total. The maximum atomic E-state index is 14.2. The van der Waals surface area contributed by atoms with Crippen molar-refractivity contribution in [1.82, 2.24) is 15.1 Å². The molecule has 42 heavy (non-hydrogen) atoms. The summed E-state index contributed by atoms with van der Waals surface area (Å²) < 4.78 is 25.3. The van der Waals surface area contributed by atoms with Gasteiger partial charge in [0.25, 0.3) is 5.91 Å². The largest absolute Gasteiger partial charge is 0.493 e. The predicted octanol–water partition coefficient (Wildman–Crippen LogP) is 4.01. The SMILES string of the molecule is COc1cc2c(cc1OC)[C@@H](C(=O)NCCCN1CCN(c3ccccc3F)CC1)[C@@H]1c3ccccc3CCN1C2=O.